The molecule has 0 spiro atoms. The van der Waals surface area contributed by atoms with Crippen LogP contribution in [0.5, 0.6) is 5.75 Å². The van der Waals surface area contributed by atoms with Crippen LogP contribution in [0.15, 0.2) is 60.7 Å². The van der Waals surface area contributed by atoms with Crippen molar-refractivity contribution in [3.05, 3.63) is 60.7 Å². The fraction of sp³-hybridized carbons (Fsp3) is 0.304. The molecule has 2 aromatic carbocycles. The number of ether oxygens (including phenoxy) is 1. The zero-order valence-corrected chi connectivity index (χ0v) is 16.4. The minimum Gasteiger partial charge on any atom is -0.489 e. The van der Waals surface area contributed by atoms with E-state index in [9.17, 15) is 0 Å². The van der Waals surface area contributed by atoms with E-state index in [2.05, 4.69) is 28.4 Å². The lowest BCUT2D eigenvalue weighted by Gasteiger charge is -2.19. The van der Waals surface area contributed by atoms with Crippen LogP contribution in [0.2, 0.25) is 0 Å². The van der Waals surface area contributed by atoms with Crippen molar-refractivity contribution in [2.24, 2.45) is 0 Å². The minimum atomic E-state index is 0.0969. The second-order valence-corrected chi connectivity index (χ2v) is 7.28. The van der Waals surface area contributed by atoms with Crippen LogP contribution in [0.3, 0.4) is 0 Å². The monoisotopic (exact) mass is 374 g/mol. The van der Waals surface area contributed by atoms with Crippen LogP contribution in [-0.4, -0.2) is 29.2 Å². The number of hydrogen-bond donors (Lipinski definition) is 1. The SMILES string of the molecule is CC(C)Oc1ccccc1Nc1nc(-c2ccccc2)cc(N2CCCC2)n1. The van der Waals surface area contributed by atoms with E-state index < -0.39 is 0 Å². The lowest BCUT2D eigenvalue weighted by molar-refractivity contribution is 0.244. The number of nitrogens with one attached hydrogen (secondary N) is 1. The Morgan fingerprint density at radius 2 is 1.64 bits per heavy atom. The topological polar surface area (TPSA) is 50.3 Å². The number of benzene rings is 2. The zero-order chi connectivity index (χ0) is 19.3. The van der Waals surface area contributed by atoms with Gasteiger partial charge >= 0.3 is 0 Å². The molecule has 0 saturated carbocycles. The Morgan fingerprint density at radius 1 is 0.929 bits per heavy atom. The molecule has 1 aliphatic rings. The van der Waals surface area contributed by atoms with Crippen molar-refractivity contribution in [2.75, 3.05) is 23.3 Å². The molecule has 0 aliphatic carbocycles. The summed E-state index contributed by atoms with van der Waals surface area (Å²) in [4.78, 5) is 11.9. The fourth-order valence-electron chi connectivity index (χ4n) is 3.40. The van der Waals surface area contributed by atoms with E-state index in [-0.39, 0.29) is 6.10 Å². The molecule has 1 aromatic heterocycles. The summed E-state index contributed by atoms with van der Waals surface area (Å²) in [7, 11) is 0. The molecule has 28 heavy (non-hydrogen) atoms. The Balaban J connectivity index is 1.71. The van der Waals surface area contributed by atoms with Crippen LogP contribution < -0.4 is 15.0 Å². The predicted molar refractivity (Wildman–Crippen MR) is 114 cm³/mol. The van der Waals surface area contributed by atoms with Crippen LogP contribution >= 0.6 is 0 Å². The van der Waals surface area contributed by atoms with Gasteiger partial charge in [0.15, 0.2) is 0 Å². The summed E-state index contributed by atoms with van der Waals surface area (Å²) < 4.78 is 5.93. The van der Waals surface area contributed by atoms with Crippen LogP contribution in [0, 0.1) is 0 Å². The van der Waals surface area contributed by atoms with Gasteiger partial charge in [-0.3, -0.25) is 0 Å². The first-order chi connectivity index (χ1) is 13.7. The van der Waals surface area contributed by atoms with Crippen molar-refractivity contribution >= 4 is 17.5 Å². The van der Waals surface area contributed by atoms with E-state index in [0.717, 1.165) is 41.6 Å². The molecule has 0 unspecified atom stereocenters. The molecule has 1 N–H and O–H groups in total. The van der Waals surface area contributed by atoms with Crippen molar-refractivity contribution in [2.45, 2.75) is 32.8 Å². The Bertz CT molecular complexity index is 921. The molecule has 5 nitrogen and oxygen atoms in total. The van der Waals surface area contributed by atoms with Crippen LogP contribution in [0.1, 0.15) is 26.7 Å². The summed E-state index contributed by atoms with van der Waals surface area (Å²) >= 11 is 0. The summed E-state index contributed by atoms with van der Waals surface area (Å²) in [6, 6.07) is 20.2. The summed E-state index contributed by atoms with van der Waals surface area (Å²) in [6.45, 7) is 6.12. The number of para-hydroxylation sites is 2. The molecular weight excluding hydrogens is 348 g/mol. The first-order valence-electron chi connectivity index (χ1n) is 9.91. The van der Waals surface area contributed by atoms with Gasteiger partial charge in [0.25, 0.3) is 0 Å². The van der Waals surface area contributed by atoms with E-state index >= 15 is 0 Å². The summed E-state index contributed by atoms with van der Waals surface area (Å²) in [5.41, 5.74) is 2.87. The molecule has 0 atom stereocenters. The van der Waals surface area contributed by atoms with Crippen molar-refractivity contribution in [1.82, 2.24) is 9.97 Å². The molecule has 1 fully saturated rings. The molecule has 5 heteroatoms. The predicted octanol–water partition coefficient (Wildman–Crippen LogP) is 5.27. The lowest BCUT2D eigenvalue weighted by Crippen LogP contribution is -2.20. The van der Waals surface area contributed by atoms with Gasteiger partial charge in [0.1, 0.15) is 11.6 Å². The van der Waals surface area contributed by atoms with E-state index in [1.54, 1.807) is 0 Å². The normalized spacial score (nSPS) is 13.8. The highest BCUT2D eigenvalue weighted by Gasteiger charge is 2.17. The summed E-state index contributed by atoms with van der Waals surface area (Å²) in [5, 5.41) is 3.38. The van der Waals surface area contributed by atoms with Crippen molar-refractivity contribution in [1.29, 1.82) is 0 Å². The van der Waals surface area contributed by atoms with Crippen molar-refractivity contribution in [3.8, 4) is 17.0 Å². The van der Waals surface area contributed by atoms with Gasteiger partial charge in [-0.2, -0.15) is 4.98 Å². The van der Waals surface area contributed by atoms with Gasteiger partial charge in [-0.1, -0.05) is 42.5 Å². The van der Waals surface area contributed by atoms with Crippen LogP contribution in [-0.2, 0) is 0 Å². The number of aromatic nitrogens is 2. The van der Waals surface area contributed by atoms with Crippen LogP contribution in [0.25, 0.3) is 11.3 Å². The second-order valence-electron chi connectivity index (χ2n) is 7.28. The molecule has 0 bridgehead atoms. The smallest absolute Gasteiger partial charge is 0.229 e. The Labute approximate surface area is 166 Å². The summed E-state index contributed by atoms with van der Waals surface area (Å²) in [5.74, 6) is 2.35. The van der Waals surface area contributed by atoms with Crippen molar-refractivity contribution < 1.29 is 4.74 Å². The Kier molecular flexibility index (Phi) is 5.42. The van der Waals surface area contributed by atoms with Gasteiger partial charge in [-0.15, -0.1) is 0 Å². The van der Waals surface area contributed by atoms with Crippen molar-refractivity contribution in [3.63, 3.8) is 0 Å². The maximum atomic E-state index is 5.93. The fourth-order valence-corrected chi connectivity index (χ4v) is 3.40. The van der Waals surface area contributed by atoms with Gasteiger partial charge < -0.3 is 15.0 Å². The first kappa shape index (κ1) is 18.3. The van der Waals surface area contributed by atoms with Crippen LogP contribution in [0.4, 0.5) is 17.5 Å². The molecule has 144 valence electrons. The number of nitrogens with zero attached hydrogens (tertiary/aromatic N) is 3. The molecule has 0 radical (unpaired) electrons. The highest BCUT2D eigenvalue weighted by atomic mass is 16.5. The molecule has 1 aliphatic heterocycles. The van der Waals surface area contributed by atoms with E-state index in [1.165, 1.54) is 12.8 Å². The zero-order valence-electron chi connectivity index (χ0n) is 16.4. The van der Waals surface area contributed by atoms with E-state index in [0.29, 0.717) is 5.95 Å². The molecule has 3 aromatic rings. The molecule has 4 rings (SSSR count). The highest BCUT2D eigenvalue weighted by molar-refractivity contribution is 5.68. The molecule has 1 saturated heterocycles. The third-order valence-corrected chi connectivity index (χ3v) is 4.71. The molecule has 2 heterocycles. The van der Waals surface area contributed by atoms with Gasteiger partial charge in [-0.05, 0) is 38.8 Å². The third-order valence-electron chi connectivity index (χ3n) is 4.71. The minimum absolute atomic E-state index is 0.0969. The standard InChI is InChI=1S/C23H26N4O/c1-17(2)28-21-13-7-6-12-19(21)24-23-25-20(18-10-4-3-5-11-18)16-22(26-23)27-14-8-9-15-27/h3-7,10-13,16-17H,8-9,14-15H2,1-2H3,(H,24,25,26). The van der Waals surface area contributed by atoms with Gasteiger partial charge in [0.05, 0.1) is 17.5 Å². The van der Waals surface area contributed by atoms with E-state index in [1.807, 2.05) is 56.3 Å². The highest BCUT2D eigenvalue weighted by Crippen LogP contribution is 2.30. The number of rotatable bonds is 6. The Hall–Kier alpha value is -3.08. The van der Waals surface area contributed by atoms with Gasteiger partial charge in [-0.25, -0.2) is 4.98 Å². The average Bonchev–Trinajstić information content (AvgIpc) is 3.25. The van der Waals surface area contributed by atoms with Gasteiger partial charge in [0, 0.05) is 24.7 Å². The molecule has 0 amide bonds. The second kappa shape index (κ2) is 8.30. The molecular formula is C23H26N4O. The first-order valence-corrected chi connectivity index (χ1v) is 9.91. The summed E-state index contributed by atoms with van der Waals surface area (Å²) in [6.07, 6.45) is 2.51. The van der Waals surface area contributed by atoms with Gasteiger partial charge in [0.2, 0.25) is 5.95 Å². The number of hydrogen-bond acceptors (Lipinski definition) is 5. The third kappa shape index (κ3) is 4.25. The lowest BCUT2D eigenvalue weighted by atomic mass is 10.1. The number of anilines is 3. The largest absolute Gasteiger partial charge is 0.489 e. The maximum Gasteiger partial charge on any atom is 0.229 e. The average molecular weight is 374 g/mol. The Morgan fingerprint density at radius 3 is 2.39 bits per heavy atom. The maximum absolute atomic E-state index is 5.93. The van der Waals surface area contributed by atoms with E-state index in [4.69, 9.17) is 14.7 Å². The quantitative estimate of drug-likeness (QED) is 0.636.